The van der Waals surface area contributed by atoms with Gasteiger partial charge in [-0.2, -0.15) is 5.10 Å². The van der Waals surface area contributed by atoms with Gasteiger partial charge in [-0.05, 0) is 18.9 Å². The maximum absolute atomic E-state index is 11.0. The van der Waals surface area contributed by atoms with Crippen LogP contribution in [0.25, 0.3) is 11.5 Å². The number of rotatable bonds is 5. The van der Waals surface area contributed by atoms with Crippen LogP contribution in [0.5, 0.6) is 0 Å². The summed E-state index contributed by atoms with van der Waals surface area (Å²) < 4.78 is 1.90. The number of aromatic amines is 1. The molecule has 0 amide bonds. The molecule has 9 heteroatoms. The van der Waals surface area contributed by atoms with E-state index in [-0.39, 0.29) is 17.4 Å². The van der Waals surface area contributed by atoms with Crippen LogP contribution in [-0.4, -0.2) is 41.8 Å². The van der Waals surface area contributed by atoms with Crippen molar-refractivity contribution in [1.29, 1.82) is 0 Å². The molecule has 0 aromatic carbocycles. The van der Waals surface area contributed by atoms with E-state index in [4.69, 9.17) is 5.11 Å². The normalized spacial score (nSPS) is 14.4. The van der Waals surface area contributed by atoms with Crippen molar-refractivity contribution in [3.8, 4) is 11.5 Å². The number of carboxylic acids is 1. The molecule has 2 aromatic rings. The van der Waals surface area contributed by atoms with Crippen LogP contribution in [0.4, 0.5) is 0 Å². The van der Waals surface area contributed by atoms with Gasteiger partial charge in [0.25, 0.3) is 5.56 Å². The molecule has 1 saturated carbocycles. The Morgan fingerprint density at radius 2 is 2.25 bits per heavy atom. The number of H-pyrrole nitrogens is 1. The molecule has 0 atom stereocenters. The molecule has 3 rings (SSSR count). The Morgan fingerprint density at radius 1 is 1.45 bits per heavy atom. The van der Waals surface area contributed by atoms with Crippen LogP contribution in [0.2, 0.25) is 0 Å². The summed E-state index contributed by atoms with van der Waals surface area (Å²) in [5.74, 6) is -0.412. The lowest BCUT2D eigenvalue weighted by molar-refractivity contribution is -0.133. The van der Waals surface area contributed by atoms with Crippen LogP contribution in [0.3, 0.4) is 0 Å². The minimum absolute atomic E-state index is 0.0656. The monoisotopic (exact) mass is 293 g/mol. The number of carbonyl (C=O) groups is 1. The topological polar surface area (TPSA) is 114 Å². The summed E-state index contributed by atoms with van der Waals surface area (Å²) in [6, 6.07) is 3.23. The zero-order chi connectivity index (χ0) is 14.1. The summed E-state index contributed by atoms with van der Waals surface area (Å²) in [6.07, 6.45) is 2.02. The number of hydrogen-bond donors (Lipinski definition) is 2. The molecule has 0 unspecified atom stereocenters. The molecular formula is C11H11N5O3S. The van der Waals surface area contributed by atoms with Crippen molar-refractivity contribution >= 4 is 17.7 Å². The van der Waals surface area contributed by atoms with Crippen LogP contribution < -0.4 is 5.56 Å². The highest BCUT2D eigenvalue weighted by Gasteiger charge is 2.30. The van der Waals surface area contributed by atoms with Crippen molar-refractivity contribution < 1.29 is 9.90 Å². The first-order valence-corrected chi connectivity index (χ1v) is 6.99. The molecule has 0 radical (unpaired) electrons. The maximum atomic E-state index is 11.0. The van der Waals surface area contributed by atoms with E-state index in [2.05, 4.69) is 20.4 Å². The average Bonchev–Trinajstić information content (AvgIpc) is 3.17. The van der Waals surface area contributed by atoms with E-state index in [0.717, 1.165) is 24.6 Å². The highest BCUT2D eigenvalue weighted by atomic mass is 32.2. The van der Waals surface area contributed by atoms with Crippen LogP contribution in [-0.2, 0) is 4.79 Å². The molecule has 2 heterocycles. The first-order valence-electron chi connectivity index (χ1n) is 6.01. The van der Waals surface area contributed by atoms with Crippen molar-refractivity contribution in [3.05, 3.63) is 22.5 Å². The fourth-order valence-electron chi connectivity index (χ4n) is 1.81. The zero-order valence-electron chi connectivity index (χ0n) is 10.3. The third-order valence-electron chi connectivity index (χ3n) is 2.81. The zero-order valence-corrected chi connectivity index (χ0v) is 11.1. The second-order valence-electron chi connectivity index (χ2n) is 4.40. The Hall–Kier alpha value is -2.16. The van der Waals surface area contributed by atoms with Crippen molar-refractivity contribution in [2.24, 2.45) is 0 Å². The molecule has 2 aromatic heterocycles. The first-order chi connectivity index (χ1) is 9.65. The van der Waals surface area contributed by atoms with Gasteiger partial charge < -0.3 is 5.11 Å². The predicted octanol–water partition coefficient (Wildman–Crippen LogP) is 0.540. The quantitative estimate of drug-likeness (QED) is 0.773. The van der Waals surface area contributed by atoms with Gasteiger partial charge >= 0.3 is 5.97 Å². The van der Waals surface area contributed by atoms with Gasteiger partial charge in [0.15, 0.2) is 11.0 Å². The fourth-order valence-corrected chi connectivity index (χ4v) is 2.53. The molecule has 104 valence electrons. The largest absolute Gasteiger partial charge is 0.481 e. The summed E-state index contributed by atoms with van der Waals surface area (Å²) >= 11 is 1.13. The predicted molar refractivity (Wildman–Crippen MR) is 70.5 cm³/mol. The highest BCUT2D eigenvalue weighted by molar-refractivity contribution is 7.99. The Labute approximate surface area is 117 Å². The van der Waals surface area contributed by atoms with Crippen LogP contribution in [0, 0.1) is 0 Å². The van der Waals surface area contributed by atoms with E-state index in [9.17, 15) is 9.59 Å². The van der Waals surface area contributed by atoms with Crippen molar-refractivity contribution in [2.75, 3.05) is 5.75 Å². The van der Waals surface area contributed by atoms with Gasteiger partial charge in [-0.1, -0.05) is 11.8 Å². The second kappa shape index (κ2) is 5.08. The lowest BCUT2D eigenvalue weighted by atomic mass is 10.3. The van der Waals surface area contributed by atoms with Gasteiger partial charge in [-0.3, -0.25) is 14.2 Å². The van der Waals surface area contributed by atoms with Gasteiger partial charge in [-0.25, -0.2) is 5.10 Å². The molecule has 1 aliphatic carbocycles. The average molecular weight is 293 g/mol. The number of thioether (sulfide) groups is 1. The van der Waals surface area contributed by atoms with Gasteiger partial charge in [0, 0.05) is 12.1 Å². The number of aromatic nitrogens is 5. The number of aliphatic carboxylic acids is 1. The van der Waals surface area contributed by atoms with E-state index in [0.29, 0.717) is 16.7 Å². The number of hydrogen-bond acceptors (Lipinski definition) is 6. The molecule has 0 saturated heterocycles. The summed E-state index contributed by atoms with van der Waals surface area (Å²) in [5.41, 5.74) is 0.234. The van der Waals surface area contributed by atoms with Gasteiger partial charge in [-0.15, -0.1) is 10.2 Å². The Balaban J connectivity index is 1.96. The molecule has 1 aliphatic rings. The summed E-state index contributed by atoms with van der Waals surface area (Å²) in [6.45, 7) is 0. The van der Waals surface area contributed by atoms with E-state index < -0.39 is 5.97 Å². The smallest absolute Gasteiger partial charge is 0.313 e. The van der Waals surface area contributed by atoms with Crippen molar-refractivity contribution in [1.82, 2.24) is 25.0 Å². The number of carboxylic acid groups (broad SMARTS) is 1. The molecule has 0 aliphatic heterocycles. The van der Waals surface area contributed by atoms with Crippen LogP contribution >= 0.6 is 11.8 Å². The molecule has 8 nitrogen and oxygen atoms in total. The lowest BCUT2D eigenvalue weighted by Crippen LogP contribution is -2.08. The van der Waals surface area contributed by atoms with Gasteiger partial charge in [0.1, 0.15) is 5.69 Å². The minimum atomic E-state index is -0.899. The van der Waals surface area contributed by atoms with Gasteiger partial charge in [0.2, 0.25) is 0 Å². The standard InChI is InChI=1S/C11H11N5O3S/c17-8-4-3-7(12-13-8)10-14-15-11(20-5-9(18)19)16(10)6-1-2-6/h3-4,6H,1-2,5H2,(H,13,17)(H,18,19). The summed E-state index contributed by atoms with van der Waals surface area (Å²) in [5, 5.41) is 23.7. The maximum Gasteiger partial charge on any atom is 0.313 e. The molecule has 2 N–H and O–H groups in total. The van der Waals surface area contributed by atoms with Crippen LogP contribution in [0.15, 0.2) is 22.1 Å². The Kier molecular flexibility index (Phi) is 3.26. The van der Waals surface area contributed by atoms with E-state index in [1.54, 1.807) is 6.07 Å². The van der Waals surface area contributed by atoms with Crippen molar-refractivity contribution in [2.45, 2.75) is 24.0 Å². The first kappa shape index (κ1) is 12.9. The second-order valence-corrected chi connectivity index (χ2v) is 5.34. The van der Waals surface area contributed by atoms with E-state index in [1.807, 2.05) is 4.57 Å². The molecular weight excluding hydrogens is 282 g/mol. The third-order valence-corrected chi connectivity index (χ3v) is 3.74. The molecule has 1 fully saturated rings. The third kappa shape index (κ3) is 2.57. The van der Waals surface area contributed by atoms with E-state index >= 15 is 0 Å². The summed E-state index contributed by atoms with van der Waals surface area (Å²) in [7, 11) is 0. The minimum Gasteiger partial charge on any atom is -0.481 e. The Morgan fingerprint density at radius 3 is 2.85 bits per heavy atom. The van der Waals surface area contributed by atoms with E-state index in [1.165, 1.54) is 6.07 Å². The molecule has 20 heavy (non-hydrogen) atoms. The summed E-state index contributed by atoms with van der Waals surface area (Å²) in [4.78, 5) is 21.7. The van der Waals surface area contributed by atoms with Crippen LogP contribution in [0.1, 0.15) is 18.9 Å². The fraction of sp³-hybridized carbons (Fsp3) is 0.364. The lowest BCUT2D eigenvalue weighted by Gasteiger charge is -2.06. The molecule has 0 spiro atoms. The highest BCUT2D eigenvalue weighted by Crippen LogP contribution is 2.40. The van der Waals surface area contributed by atoms with Crippen molar-refractivity contribution in [3.63, 3.8) is 0 Å². The SMILES string of the molecule is O=C(O)CSc1nnc(-c2ccc(=O)[nH]n2)n1C1CC1. The number of nitrogens with one attached hydrogen (secondary N) is 1. The van der Waals surface area contributed by atoms with Gasteiger partial charge in [0.05, 0.1) is 5.75 Å². The Bertz CT molecular complexity index is 686. The molecule has 0 bridgehead atoms. The number of nitrogens with zero attached hydrogens (tertiary/aromatic N) is 4.